The lowest BCUT2D eigenvalue weighted by atomic mass is 10.0. The molecule has 2 aromatic rings. The molecule has 7 heteroatoms. The average Bonchev–Trinajstić information content (AvgIpc) is 3.04. The molecule has 27 heavy (non-hydrogen) atoms. The highest BCUT2D eigenvalue weighted by Crippen LogP contribution is 2.35. The molecule has 0 radical (unpaired) electrons. The van der Waals surface area contributed by atoms with E-state index in [2.05, 4.69) is 12.2 Å². The van der Waals surface area contributed by atoms with E-state index in [4.69, 9.17) is 4.74 Å². The molecule has 0 aliphatic carbocycles. The number of carbonyl (C=O) groups excluding carboxylic acids is 2. The van der Waals surface area contributed by atoms with Crippen LogP contribution in [0.15, 0.2) is 29.2 Å². The van der Waals surface area contributed by atoms with E-state index < -0.39 is 0 Å². The number of benzene rings is 1. The molecule has 0 fully saturated rings. The zero-order valence-corrected chi connectivity index (χ0v) is 17.5. The number of carbonyl (C=O) groups is 2. The lowest BCUT2D eigenvalue weighted by Crippen LogP contribution is -3.11. The van der Waals surface area contributed by atoms with Crippen molar-refractivity contribution in [2.75, 3.05) is 31.8 Å². The second-order valence-electron chi connectivity index (χ2n) is 6.56. The first kappa shape index (κ1) is 19.9. The highest BCUT2D eigenvalue weighted by molar-refractivity contribution is 7.98. The first-order chi connectivity index (χ1) is 13.1. The van der Waals surface area contributed by atoms with Crippen LogP contribution in [0.2, 0.25) is 0 Å². The molecule has 0 bridgehead atoms. The van der Waals surface area contributed by atoms with Crippen molar-refractivity contribution in [2.24, 2.45) is 0 Å². The zero-order valence-electron chi connectivity index (χ0n) is 15.9. The summed E-state index contributed by atoms with van der Waals surface area (Å²) in [6.07, 6.45) is 3.97. The maximum atomic E-state index is 12.7. The molecule has 1 aromatic heterocycles. The zero-order chi connectivity index (χ0) is 19.4. The maximum Gasteiger partial charge on any atom is 0.341 e. The van der Waals surface area contributed by atoms with E-state index in [1.807, 2.05) is 18.4 Å². The van der Waals surface area contributed by atoms with Gasteiger partial charge >= 0.3 is 5.97 Å². The Morgan fingerprint density at radius 3 is 2.67 bits per heavy atom. The Morgan fingerprint density at radius 1 is 1.30 bits per heavy atom. The number of esters is 1. The van der Waals surface area contributed by atoms with Crippen LogP contribution in [0, 0.1) is 0 Å². The van der Waals surface area contributed by atoms with Crippen molar-refractivity contribution >= 4 is 40.0 Å². The number of thioether (sulfide) groups is 1. The quantitative estimate of drug-likeness (QED) is 0.573. The molecule has 1 aliphatic rings. The number of hydrogen-bond donors (Lipinski definition) is 2. The molecule has 1 amide bonds. The number of nitrogens with one attached hydrogen (secondary N) is 2. The maximum absolute atomic E-state index is 12.7. The normalized spacial score (nSPS) is 15.9. The van der Waals surface area contributed by atoms with E-state index in [9.17, 15) is 9.59 Å². The summed E-state index contributed by atoms with van der Waals surface area (Å²) < 4.78 is 5.00. The van der Waals surface area contributed by atoms with Gasteiger partial charge in [-0.25, -0.2) is 4.79 Å². The SMILES string of the molecule is CCC[NH+]1CCc2c(sc(NC(=O)c3ccc(SC)cc3)c2C(=O)OC)C1. The highest BCUT2D eigenvalue weighted by Gasteiger charge is 2.30. The Kier molecular flexibility index (Phi) is 6.57. The smallest absolute Gasteiger partial charge is 0.341 e. The number of fused-ring (bicyclic) bond motifs is 1. The van der Waals surface area contributed by atoms with E-state index in [0.29, 0.717) is 16.1 Å². The fraction of sp³-hybridized carbons (Fsp3) is 0.400. The van der Waals surface area contributed by atoms with Crippen LogP contribution in [-0.4, -0.2) is 38.3 Å². The van der Waals surface area contributed by atoms with Crippen LogP contribution in [0.3, 0.4) is 0 Å². The Labute approximate surface area is 168 Å². The molecule has 0 spiro atoms. The van der Waals surface area contributed by atoms with Gasteiger partial charge in [-0.1, -0.05) is 6.92 Å². The van der Waals surface area contributed by atoms with Gasteiger partial charge in [-0.3, -0.25) is 4.79 Å². The molecule has 1 aromatic carbocycles. The Bertz CT molecular complexity index is 830. The number of hydrogen-bond acceptors (Lipinski definition) is 5. The number of rotatable bonds is 6. The topological polar surface area (TPSA) is 59.8 Å². The van der Waals surface area contributed by atoms with Crippen LogP contribution in [0.1, 0.15) is 44.5 Å². The van der Waals surface area contributed by atoms with Crippen LogP contribution >= 0.6 is 23.1 Å². The second-order valence-corrected chi connectivity index (χ2v) is 8.54. The minimum Gasteiger partial charge on any atom is -0.465 e. The van der Waals surface area contributed by atoms with Crippen molar-refractivity contribution in [3.8, 4) is 0 Å². The van der Waals surface area contributed by atoms with Crippen LogP contribution in [0.25, 0.3) is 0 Å². The number of anilines is 1. The summed E-state index contributed by atoms with van der Waals surface area (Å²) in [4.78, 5) is 28.9. The Morgan fingerprint density at radius 2 is 2.04 bits per heavy atom. The summed E-state index contributed by atoms with van der Waals surface area (Å²) >= 11 is 3.14. The molecule has 3 rings (SSSR count). The monoisotopic (exact) mass is 405 g/mol. The number of methoxy groups -OCH3 is 1. The second kappa shape index (κ2) is 8.91. The third-order valence-corrected chi connectivity index (χ3v) is 6.69. The molecule has 2 heterocycles. The third kappa shape index (κ3) is 4.36. The molecular weight excluding hydrogens is 380 g/mol. The molecule has 144 valence electrons. The lowest BCUT2D eigenvalue weighted by molar-refractivity contribution is -0.915. The molecule has 2 N–H and O–H groups in total. The molecular formula is C20H25N2O3S2+. The minimum atomic E-state index is -0.375. The van der Waals surface area contributed by atoms with E-state index >= 15 is 0 Å². The predicted molar refractivity (Wildman–Crippen MR) is 110 cm³/mol. The van der Waals surface area contributed by atoms with Crippen molar-refractivity contribution in [1.29, 1.82) is 0 Å². The lowest BCUT2D eigenvalue weighted by Gasteiger charge is -2.23. The van der Waals surface area contributed by atoms with Crippen molar-refractivity contribution < 1.29 is 19.2 Å². The van der Waals surface area contributed by atoms with E-state index in [-0.39, 0.29) is 11.9 Å². The first-order valence-corrected chi connectivity index (χ1v) is 11.1. The average molecular weight is 406 g/mol. The molecule has 5 nitrogen and oxygen atoms in total. The van der Waals surface area contributed by atoms with Gasteiger partial charge in [-0.15, -0.1) is 23.1 Å². The fourth-order valence-electron chi connectivity index (χ4n) is 3.43. The van der Waals surface area contributed by atoms with E-state index in [1.165, 1.54) is 28.2 Å². The van der Waals surface area contributed by atoms with Gasteiger partial charge in [0.25, 0.3) is 5.91 Å². The summed E-state index contributed by atoms with van der Waals surface area (Å²) in [5, 5.41) is 3.55. The summed E-state index contributed by atoms with van der Waals surface area (Å²) in [5.41, 5.74) is 2.15. The van der Waals surface area contributed by atoms with Gasteiger partial charge in [0, 0.05) is 16.9 Å². The number of thiophene rings is 1. The van der Waals surface area contributed by atoms with E-state index in [1.54, 1.807) is 23.9 Å². The van der Waals surface area contributed by atoms with Crippen molar-refractivity contribution in [1.82, 2.24) is 0 Å². The Hall–Kier alpha value is -1.83. The Balaban J connectivity index is 1.87. The van der Waals surface area contributed by atoms with Gasteiger partial charge in [0.05, 0.1) is 30.6 Å². The highest BCUT2D eigenvalue weighted by atomic mass is 32.2. The molecule has 1 atom stereocenters. The van der Waals surface area contributed by atoms with Crippen molar-refractivity contribution in [2.45, 2.75) is 31.2 Å². The molecule has 1 unspecified atom stereocenters. The predicted octanol–water partition coefficient (Wildman–Crippen LogP) is 2.86. The van der Waals surface area contributed by atoms with Crippen molar-refractivity contribution in [3.05, 3.63) is 45.8 Å². The number of ether oxygens (including phenoxy) is 1. The van der Waals surface area contributed by atoms with Gasteiger partial charge < -0.3 is 15.0 Å². The standard InChI is InChI=1S/C20H24N2O3S2/c1-4-10-22-11-9-15-16(12-22)27-19(17(15)20(24)25-2)21-18(23)13-5-7-14(26-3)8-6-13/h5-8H,4,9-12H2,1-3H3,(H,21,23)/p+1. The summed E-state index contributed by atoms with van der Waals surface area (Å²) in [6.45, 7) is 5.21. The van der Waals surface area contributed by atoms with Crippen LogP contribution < -0.4 is 10.2 Å². The van der Waals surface area contributed by atoms with Crippen LogP contribution in [0.4, 0.5) is 5.00 Å². The largest absolute Gasteiger partial charge is 0.465 e. The van der Waals surface area contributed by atoms with Crippen molar-refractivity contribution in [3.63, 3.8) is 0 Å². The molecule has 0 saturated heterocycles. The molecule has 0 saturated carbocycles. The van der Waals surface area contributed by atoms with Crippen LogP contribution in [-0.2, 0) is 17.7 Å². The summed E-state index contributed by atoms with van der Waals surface area (Å²) in [7, 11) is 1.39. The fourth-order valence-corrected chi connectivity index (χ4v) is 5.14. The third-order valence-electron chi connectivity index (χ3n) is 4.80. The summed E-state index contributed by atoms with van der Waals surface area (Å²) in [5.74, 6) is -0.580. The van der Waals surface area contributed by atoms with Gasteiger partial charge in [0.15, 0.2) is 0 Å². The molecule has 1 aliphatic heterocycles. The van der Waals surface area contributed by atoms with Crippen LogP contribution in [0.5, 0.6) is 0 Å². The number of amides is 1. The van der Waals surface area contributed by atoms with E-state index in [0.717, 1.165) is 42.9 Å². The van der Waals surface area contributed by atoms with Gasteiger partial charge in [0.2, 0.25) is 0 Å². The first-order valence-electron chi connectivity index (χ1n) is 9.09. The van der Waals surface area contributed by atoms with Gasteiger partial charge in [-0.2, -0.15) is 0 Å². The number of quaternary nitrogens is 1. The van der Waals surface area contributed by atoms with Gasteiger partial charge in [-0.05, 0) is 42.5 Å². The minimum absolute atomic E-state index is 0.204. The van der Waals surface area contributed by atoms with Gasteiger partial charge in [0.1, 0.15) is 11.5 Å². The summed E-state index contributed by atoms with van der Waals surface area (Å²) in [6, 6.07) is 7.46.